The summed E-state index contributed by atoms with van der Waals surface area (Å²) < 4.78 is 11.2. The van der Waals surface area contributed by atoms with E-state index in [0.29, 0.717) is 12.1 Å². The number of rotatable bonds is 14. The van der Waals surface area contributed by atoms with Crippen molar-refractivity contribution in [1.82, 2.24) is 0 Å². The molecule has 216 valence electrons. The molecule has 0 aliphatic heterocycles. The zero-order valence-corrected chi connectivity index (χ0v) is 22.9. The number of carboxylic acid groups (broad SMARTS) is 4. The number of carbonyl (C=O) groups is 6. The van der Waals surface area contributed by atoms with Crippen LogP contribution in [0.25, 0.3) is 0 Å². The molecular weight excluding hydrogens is 560 g/mol. The van der Waals surface area contributed by atoms with Crippen LogP contribution in [0.4, 0.5) is 0 Å². The van der Waals surface area contributed by atoms with Crippen LogP contribution in [0.1, 0.15) is 75.0 Å². The second kappa shape index (κ2) is 14.5. The molecule has 0 saturated heterocycles. The van der Waals surface area contributed by atoms with E-state index in [9.17, 15) is 39.0 Å². The lowest BCUT2D eigenvalue weighted by molar-refractivity contribution is 0.0679. The highest BCUT2D eigenvalue weighted by atomic mass is 28.4. The monoisotopic (exact) mass is 586 g/mol. The first kappa shape index (κ1) is 32.3. The van der Waals surface area contributed by atoms with Gasteiger partial charge in [-0.2, -0.15) is 0 Å². The van der Waals surface area contributed by atoms with E-state index < -0.39 is 55.4 Å². The Kier molecular flexibility index (Phi) is 11.4. The molecule has 0 spiro atoms. The van der Waals surface area contributed by atoms with E-state index in [0.717, 1.165) is 36.4 Å². The molecule has 0 heterocycles. The number of hydrogen-bond acceptors (Lipinski definition) is 8. The zero-order valence-electron chi connectivity index (χ0n) is 21.9. The fourth-order valence-corrected chi connectivity index (χ4v) is 6.07. The molecule has 0 radical (unpaired) electrons. The molecule has 14 nitrogen and oxygen atoms in total. The molecule has 0 fully saturated rings. The van der Waals surface area contributed by atoms with E-state index in [2.05, 4.69) is 9.98 Å². The van der Waals surface area contributed by atoms with Crippen molar-refractivity contribution in [3.05, 3.63) is 69.8 Å². The van der Waals surface area contributed by atoms with Crippen LogP contribution in [0.3, 0.4) is 0 Å². The Morgan fingerprint density at radius 1 is 0.634 bits per heavy atom. The van der Waals surface area contributed by atoms with Crippen molar-refractivity contribution in [2.24, 2.45) is 9.98 Å². The quantitative estimate of drug-likeness (QED) is 0.185. The SMILES string of the molecule is CO[Si](CCC=NC(=O)c1cc(C(=O)O)ccc1C(=O)O)(CCC=NC(=O)c1cc(C(=O)O)ccc1C(=O)O)OC. The van der Waals surface area contributed by atoms with Gasteiger partial charge in [0.05, 0.1) is 33.4 Å². The van der Waals surface area contributed by atoms with Crippen molar-refractivity contribution < 1.29 is 58.0 Å². The summed E-state index contributed by atoms with van der Waals surface area (Å²) in [5.41, 5.74) is -2.09. The average Bonchev–Trinajstić information content (AvgIpc) is 2.95. The molecule has 4 N–H and O–H groups in total. The largest absolute Gasteiger partial charge is 0.478 e. The standard InChI is InChI=1S/C26H26N2O12Si/c1-39-41(40-2,11-3-9-27-21(29)19-13-15(23(31)32)5-7-17(19)25(35)36)12-4-10-28-22(30)20-14-16(24(33)34)6-8-18(20)26(37)38/h5-10,13-14H,3-4,11-12H2,1-2H3,(H,31,32)(H,33,34)(H,35,36)(H,37,38). The third kappa shape index (κ3) is 8.56. The third-order valence-corrected chi connectivity index (χ3v) is 9.51. The van der Waals surface area contributed by atoms with Crippen molar-refractivity contribution in [2.45, 2.75) is 24.9 Å². The van der Waals surface area contributed by atoms with Gasteiger partial charge in [0.15, 0.2) is 0 Å². The number of aliphatic imine (C=N–C) groups is 2. The molecule has 41 heavy (non-hydrogen) atoms. The highest BCUT2D eigenvalue weighted by molar-refractivity contribution is 6.67. The zero-order chi connectivity index (χ0) is 30.7. The van der Waals surface area contributed by atoms with E-state index in [1.165, 1.54) is 26.6 Å². The molecule has 2 rings (SSSR count). The number of hydrogen-bond donors (Lipinski definition) is 4. The summed E-state index contributed by atoms with van der Waals surface area (Å²) in [5.74, 6) is -7.38. The molecule has 0 saturated carbocycles. The summed E-state index contributed by atoms with van der Waals surface area (Å²) >= 11 is 0. The average molecular weight is 587 g/mol. The summed E-state index contributed by atoms with van der Waals surface area (Å²) in [6.07, 6.45) is 2.84. The van der Waals surface area contributed by atoms with Crippen molar-refractivity contribution in [1.29, 1.82) is 0 Å². The minimum absolute atomic E-state index is 0.181. The second-order valence-corrected chi connectivity index (χ2v) is 12.0. The summed E-state index contributed by atoms with van der Waals surface area (Å²) in [5, 5.41) is 36.9. The van der Waals surface area contributed by atoms with Gasteiger partial charge in [0.2, 0.25) is 0 Å². The van der Waals surface area contributed by atoms with Gasteiger partial charge >= 0.3 is 32.4 Å². The summed E-state index contributed by atoms with van der Waals surface area (Å²) in [6, 6.07) is 6.63. The molecule has 15 heteroatoms. The predicted octanol–water partition coefficient (Wildman–Crippen LogP) is 3.12. The highest BCUT2D eigenvalue weighted by Crippen LogP contribution is 2.21. The molecule has 0 unspecified atom stereocenters. The van der Waals surface area contributed by atoms with E-state index >= 15 is 0 Å². The highest BCUT2D eigenvalue weighted by Gasteiger charge is 2.34. The fourth-order valence-electron chi connectivity index (χ4n) is 3.70. The maximum absolute atomic E-state index is 12.5. The Labute approximate surface area is 233 Å². The van der Waals surface area contributed by atoms with Crippen LogP contribution < -0.4 is 0 Å². The Hall–Kier alpha value is -4.86. The first-order chi connectivity index (χ1) is 19.4. The van der Waals surface area contributed by atoms with E-state index in [1.807, 2.05) is 0 Å². The van der Waals surface area contributed by atoms with Crippen LogP contribution in [0.15, 0.2) is 46.4 Å². The topological polar surface area (TPSA) is 227 Å². The van der Waals surface area contributed by atoms with Gasteiger partial charge in [0.1, 0.15) is 0 Å². The van der Waals surface area contributed by atoms with Crippen molar-refractivity contribution in [3.8, 4) is 0 Å². The molecule has 0 aliphatic carbocycles. The van der Waals surface area contributed by atoms with E-state index in [1.54, 1.807) is 0 Å². The normalized spacial score (nSPS) is 11.6. The molecule has 2 amide bonds. The molecule has 0 aromatic heterocycles. The summed E-state index contributed by atoms with van der Waals surface area (Å²) in [7, 11) is -0.0521. The van der Waals surface area contributed by atoms with E-state index in [4.69, 9.17) is 19.1 Å². The molecule has 0 aliphatic rings. The van der Waals surface area contributed by atoms with Gasteiger partial charge in [-0.3, -0.25) is 9.59 Å². The first-order valence-corrected chi connectivity index (χ1v) is 14.0. The molecule has 2 aromatic carbocycles. The van der Waals surface area contributed by atoms with Crippen molar-refractivity contribution >= 4 is 56.7 Å². The number of carbonyl (C=O) groups excluding carboxylic acids is 2. The maximum Gasteiger partial charge on any atom is 0.338 e. The van der Waals surface area contributed by atoms with Gasteiger partial charge in [-0.05, 0) is 61.3 Å². The smallest absolute Gasteiger partial charge is 0.338 e. The summed E-state index contributed by atoms with van der Waals surface area (Å²) in [6.45, 7) is 0. The third-order valence-electron chi connectivity index (χ3n) is 5.92. The lowest BCUT2D eigenvalue weighted by Gasteiger charge is -2.26. The van der Waals surface area contributed by atoms with Gasteiger partial charge in [0, 0.05) is 26.6 Å². The molecule has 2 aromatic rings. The van der Waals surface area contributed by atoms with Gasteiger partial charge in [-0.25, -0.2) is 29.2 Å². The van der Waals surface area contributed by atoms with Crippen LogP contribution in [-0.2, 0) is 8.85 Å². The van der Waals surface area contributed by atoms with Crippen LogP contribution in [0, 0.1) is 0 Å². The van der Waals surface area contributed by atoms with Crippen LogP contribution in [-0.4, -0.2) is 91.3 Å². The lowest BCUT2D eigenvalue weighted by atomic mass is 10.0. The Morgan fingerprint density at radius 3 is 1.29 bits per heavy atom. The molecule has 0 atom stereocenters. The Balaban J connectivity index is 2.08. The van der Waals surface area contributed by atoms with Crippen molar-refractivity contribution in [2.75, 3.05) is 14.2 Å². The van der Waals surface area contributed by atoms with Crippen LogP contribution in [0.2, 0.25) is 12.1 Å². The fraction of sp³-hybridized carbons (Fsp3) is 0.231. The van der Waals surface area contributed by atoms with E-state index in [-0.39, 0.29) is 35.1 Å². The Bertz CT molecular complexity index is 1330. The molecule has 0 bridgehead atoms. The molecular formula is C26H26N2O12Si. The van der Waals surface area contributed by atoms with Gasteiger partial charge in [0.25, 0.3) is 11.8 Å². The number of carboxylic acids is 4. The van der Waals surface area contributed by atoms with Crippen LogP contribution >= 0.6 is 0 Å². The lowest BCUT2D eigenvalue weighted by Crippen LogP contribution is -2.40. The number of amides is 2. The Morgan fingerprint density at radius 2 is 1.00 bits per heavy atom. The first-order valence-electron chi connectivity index (χ1n) is 11.8. The number of benzene rings is 2. The van der Waals surface area contributed by atoms with Crippen LogP contribution in [0.5, 0.6) is 0 Å². The number of nitrogens with zero attached hydrogens (tertiary/aromatic N) is 2. The second-order valence-electron chi connectivity index (χ2n) is 8.37. The van der Waals surface area contributed by atoms with Gasteiger partial charge in [-0.15, -0.1) is 0 Å². The minimum atomic E-state index is -2.90. The number of aromatic carboxylic acids is 4. The van der Waals surface area contributed by atoms with Gasteiger partial charge < -0.3 is 29.3 Å². The maximum atomic E-state index is 12.5. The van der Waals surface area contributed by atoms with Crippen molar-refractivity contribution in [3.63, 3.8) is 0 Å². The minimum Gasteiger partial charge on any atom is -0.478 e. The van der Waals surface area contributed by atoms with Gasteiger partial charge in [-0.1, -0.05) is 0 Å². The summed E-state index contributed by atoms with van der Waals surface area (Å²) in [4.78, 5) is 77.7. The predicted molar refractivity (Wildman–Crippen MR) is 145 cm³/mol.